The van der Waals surface area contributed by atoms with Crippen LogP contribution in [0, 0.1) is 5.92 Å². The minimum absolute atomic E-state index is 0.0675. The van der Waals surface area contributed by atoms with Gasteiger partial charge in [-0.1, -0.05) is 57.0 Å². The van der Waals surface area contributed by atoms with E-state index in [1.807, 2.05) is 0 Å². The summed E-state index contributed by atoms with van der Waals surface area (Å²) >= 11 is 0. The predicted molar refractivity (Wildman–Crippen MR) is 91.5 cm³/mol. The van der Waals surface area contributed by atoms with Crippen molar-refractivity contribution >= 4 is 0 Å². The van der Waals surface area contributed by atoms with Crippen molar-refractivity contribution in [3.8, 4) is 0 Å². The van der Waals surface area contributed by atoms with Crippen LogP contribution in [0.5, 0.6) is 0 Å². The number of nitrogens with zero attached hydrogens (tertiary/aromatic N) is 1. The molecule has 21 heavy (non-hydrogen) atoms. The number of rotatable bonds is 5. The Morgan fingerprint density at radius 3 is 2.52 bits per heavy atom. The molecule has 2 nitrogen and oxygen atoms in total. The monoisotopic (exact) mass is 288 g/mol. The number of nitrogens with one attached hydrogen (secondary N) is 1. The van der Waals surface area contributed by atoms with Crippen LogP contribution in [0.25, 0.3) is 0 Å². The molecule has 1 saturated heterocycles. The highest BCUT2D eigenvalue weighted by Gasteiger charge is 2.33. The molecule has 0 aromatic heterocycles. The fraction of sp³-hybridized carbons (Fsp3) is 0.684. The fourth-order valence-electron chi connectivity index (χ4n) is 3.48. The molecule has 0 amide bonds. The minimum Gasteiger partial charge on any atom is -0.306 e. The Labute approximate surface area is 130 Å². The van der Waals surface area contributed by atoms with E-state index in [2.05, 4.69) is 68.2 Å². The van der Waals surface area contributed by atoms with Crippen molar-refractivity contribution in [3.63, 3.8) is 0 Å². The van der Waals surface area contributed by atoms with E-state index in [0.717, 1.165) is 19.0 Å². The third kappa shape index (κ3) is 4.08. The average molecular weight is 288 g/mol. The van der Waals surface area contributed by atoms with Gasteiger partial charge in [-0.05, 0) is 38.3 Å². The van der Waals surface area contributed by atoms with E-state index in [-0.39, 0.29) is 5.54 Å². The number of hydrogen-bond donors (Lipinski definition) is 1. The largest absolute Gasteiger partial charge is 0.306 e. The van der Waals surface area contributed by atoms with Gasteiger partial charge in [-0.2, -0.15) is 0 Å². The zero-order valence-electron chi connectivity index (χ0n) is 14.2. The summed E-state index contributed by atoms with van der Waals surface area (Å²) in [5, 5.41) is 3.80. The molecule has 0 saturated carbocycles. The van der Waals surface area contributed by atoms with Crippen LogP contribution in [0.2, 0.25) is 0 Å². The molecule has 1 aliphatic heterocycles. The lowest BCUT2D eigenvalue weighted by Crippen LogP contribution is -2.48. The van der Waals surface area contributed by atoms with E-state index in [0.29, 0.717) is 6.04 Å². The van der Waals surface area contributed by atoms with Crippen molar-refractivity contribution in [2.45, 2.75) is 58.5 Å². The molecule has 118 valence electrons. The van der Waals surface area contributed by atoms with E-state index in [9.17, 15) is 0 Å². The van der Waals surface area contributed by atoms with Crippen LogP contribution < -0.4 is 5.32 Å². The van der Waals surface area contributed by atoms with E-state index in [1.54, 1.807) is 0 Å². The third-order valence-electron chi connectivity index (χ3n) is 5.28. The Hall–Kier alpha value is -0.860. The van der Waals surface area contributed by atoms with Crippen molar-refractivity contribution in [1.29, 1.82) is 0 Å². The Bertz CT molecular complexity index is 413. The van der Waals surface area contributed by atoms with Crippen molar-refractivity contribution < 1.29 is 0 Å². The number of benzene rings is 1. The van der Waals surface area contributed by atoms with Gasteiger partial charge in [0.1, 0.15) is 0 Å². The van der Waals surface area contributed by atoms with Gasteiger partial charge in [0.15, 0.2) is 0 Å². The van der Waals surface area contributed by atoms with Crippen molar-refractivity contribution in [1.82, 2.24) is 10.2 Å². The highest BCUT2D eigenvalue weighted by Crippen LogP contribution is 2.27. The normalized spacial score (nSPS) is 27.8. The van der Waals surface area contributed by atoms with Crippen LogP contribution in [0.1, 0.15) is 52.5 Å². The van der Waals surface area contributed by atoms with Gasteiger partial charge >= 0.3 is 0 Å². The van der Waals surface area contributed by atoms with Gasteiger partial charge in [-0.3, -0.25) is 4.90 Å². The molecular weight excluding hydrogens is 256 g/mol. The average Bonchev–Trinajstić information content (AvgIpc) is 2.65. The van der Waals surface area contributed by atoms with Crippen molar-refractivity contribution in [2.24, 2.45) is 5.92 Å². The van der Waals surface area contributed by atoms with Gasteiger partial charge in [0.2, 0.25) is 0 Å². The Balaban J connectivity index is 2.17. The standard InChI is InChI=1S/C19H32N2/c1-5-17(6-2)14-21-15-19(4,20-13-12-16(21)3)18-10-8-7-9-11-18/h7-11,16-17,20H,5-6,12-15H2,1-4H3. The summed E-state index contributed by atoms with van der Waals surface area (Å²) in [4.78, 5) is 2.71. The molecule has 2 rings (SSSR count). The van der Waals surface area contributed by atoms with Gasteiger partial charge in [0.05, 0.1) is 5.54 Å². The first-order valence-corrected chi connectivity index (χ1v) is 8.63. The molecule has 0 bridgehead atoms. The molecule has 2 heteroatoms. The topological polar surface area (TPSA) is 15.3 Å². The summed E-state index contributed by atoms with van der Waals surface area (Å²) in [6.07, 6.45) is 3.81. The SMILES string of the molecule is CCC(CC)CN1CC(C)(c2ccccc2)NCCC1C. The molecule has 1 aromatic rings. The zero-order valence-corrected chi connectivity index (χ0v) is 14.2. The second kappa shape index (κ2) is 7.42. The van der Waals surface area contributed by atoms with Crippen molar-refractivity contribution in [2.75, 3.05) is 19.6 Å². The van der Waals surface area contributed by atoms with Crippen LogP contribution in [-0.4, -0.2) is 30.6 Å². The molecule has 1 aromatic carbocycles. The Kier molecular flexibility index (Phi) is 5.83. The van der Waals surface area contributed by atoms with Crippen molar-refractivity contribution in [3.05, 3.63) is 35.9 Å². The Morgan fingerprint density at radius 1 is 1.24 bits per heavy atom. The van der Waals surface area contributed by atoms with Gasteiger partial charge in [0.25, 0.3) is 0 Å². The summed E-state index contributed by atoms with van der Waals surface area (Å²) in [6, 6.07) is 11.6. The van der Waals surface area contributed by atoms with E-state index in [4.69, 9.17) is 0 Å². The molecule has 1 N–H and O–H groups in total. The van der Waals surface area contributed by atoms with Crippen LogP contribution >= 0.6 is 0 Å². The summed E-state index contributed by atoms with van der Waals surface area (Å²) in [7, 11) is 0. The highest BCUT2D eigenvalue weighted by molar-refractivity contribution is 5.24. The van der Waals surface area contributed by atoms with Gasteiger partial charge in [0, 0.05) is 19.1 Å². The molecule has 0 spiro atoms. The van der Waals surface area contributed by atoms with Crippen LogP contribution in [-0.2, 0) is 5.54 Å². The van der Waals surface area contributed by atoms with E-state index < -0.39 is 0 Å². The van der Waals surface area contributed by atoms with Gasteiger partial charge < -0.3 is 5.32 Å². The lowest BCUT2D eigenvalue weighted by molar-refractivity contribution is 0.145. The quantitative estimate of drug-likeness (QED) is 0.880. The molecule has 2 unspecified atom stereocenters. The second-order valence-electron chi connectivity index (χ2n) is 6.87. The molecule has 1 aliphatic rings. The zero-order chi connectivity index (χ0) is 15.3. The maximum atomic E-state index is 3.80. The molecule has 1 fully saturated rings. The molecule has 2 atom stereocenters. The summed E-state index contributed by atoms with van der Waals surface area (Å²) in [5.41, 5.74) is 1.48. The van der Waals surface area contributed by atoms with E-state index in [1.165, 1.54) is 31.4 Å². The van der Waals surface area contributed by atoms with Crippen LogP contribution in [0.4, 0.5) is 0 Å². The van der Waals surface area contributed by atoms with Gasteiger partial charge in [-0.25, -0.2) is 0 Å². The van der Waals surface area contributed by atoms with E-state index >= 15 is 0 Å². The molecule has 0 radical (unpaired) electrons. The number of hydrogen-bond acceptors (Lipinski definition) is 2. The Morgan fingerprint density at radius 2 is 1.90 bits per heavy atom. The maximum Gasteiger partial charge on any atom is 0.0535 e. The fourth-order valence-corrected chi connectivity index (χ4v) is 3.48. The van der Waals surface area contributed by atoms with Crippen LogP contribution in [0.15, 0.2) is 30.3 Å². The summed E-state index contributed by atoms with van der Waals surface area (Å²) in [6.45, 7) is 12.8. The minimum atomic E-state index is 0.0675. The predicted octanol–water partition coefficient (Wildman–Crippen LogP) is 4.02. The lowest BCUT2D eigenvalue weighted by atomic mass is 9.91. The summed E-state index contributed by atoms with van der Waals surface area (Å²) < 4.78 is 0. The molecule has 1 heterocycles. The van der Waals surface area contributed by atoms with Gasteiger partial charge in [-0.15, -0.1) is 0 Å². The molecular formula is C19H32N2. The first-order valence-electron chi connectivity index (χ1n) is 8.63. The first kappa shape index (κ1) is 16.5. The molecule has 0 aliphatic carbocycles. The second-order valence-corrected chi connectivity index (χ2v) is 6.87. The lowest BCUT2D eigenvalue weighted by Gasteiger charge is -2.37. The first-order chi connectivity index (χ1) is 10.1. The smallest absolute Gasteiger partial charge is 0.0535 e. The van der Waals surface area contributed by atoms with Crippen LogP contribution in [0.3, 0.4) is 0 Å². The highest BCUT2D eigenvalue weighted by atomic mass is 15.2. The third-order valence-corrected chi connectivity index (χ3v) is 5.28. The maximum absolute atomic E-state index is 3.80. The summed E-state index contributed by atoms with van der Waals surface area (Å²) in [5.74, 6) is 0.825.